The van der Waals surface area contributed by atoms with Gasteiger partial charge in [0.15, 0.2) is 0 Å². The number of carbonyl (C=O) groups excluding carboxylic acids is 1. The van der Waals surface area contributed by atoms with E-state index in [0.29, 0.717) is 24.2 Å². The first-order valence-electron chi connectivity index (χ1n) is 6.98. The number of alkyl halides is 3. The number of aromatic nitrogens is 2. The predicted octanol–water partition coefficient (Wildman–Crippen LogP) is 1.18. The number of hydrogen-bond acceptors (Lipinski definition) is 3. The van der Waals surface area contributed by atoms with Crippen LogP contribution in [0, 0.1) is 5.41 Å². The molecule has 2 heterocycles. The predicted molar refractivity (Wildman–Crippen MR) is 70.1 cm³/mol. The molecule has 0 radical (unpaired) electrons. The third-order valence-corrected chi connectivity index (χ3v) is 4.28. The number of nitrogens with zero attached hydrogens (tertiary/aromatic N) is 2. The second kappa shape index (κ2) is 4.99. The third-order valence-electron chi connectivity index (χ3n) is 4.28. The molecule has 0 bridgehead atoms. The maximum atomic E-state index is 12.8. The number of fused-ring (bicyclic) bond motifs is 1. The largest absolute Gasteiger partial charge is 0.396 e. The molecule has 0 atom stereocenters. The van der Waals surface area contributed by atoms with Crippen LogP contribution in [0.1, 0.15) is 24.1 Å². The fourth-order valence-corrected chi connectivity index (χ4v) is 2.59. The van der Waals surface area contributed by atoms with Crippen LogP contribution in [0.4, 0.5) is 18.0 Å². The van der Waals surface area contributed by atoms with Gasteiger partial charge >= 0.3 is 12.2 Å². The molecule has 1 aromatic heterocycles. The number of aromatic amines is 1. The summed E-state index contributed by atoms with van der Waals surface area (Å²) in [5, 5.41) is 8.59. The van der Waals surface area contributed by atoms with Gasteiger partial charge in [0.25, 0.3) is 5.56 Å². The van der Waals surface area contributed by atoms with Crippen LogP contribution in [0.3, 0.4) is 0 Å². The summed E-state index contributed by atoms with van der Waals surface area (Å²) in [4.78, 5) is 24.7. The SMILES string of the molecule is O=C(NCC1(C(F)(F)F)CC1)N1CCc2n[nH]c(=O)cc2C1. The monoisotopic (exact) mass is 316 g/mol. The number of carbonyl (C=O) groups is 1. The molecule has 9 heteroatoms. The van der Waals surface area contributed by atoms with E-state index in [4.69, 9.17) is 0 Å². The second-order valence-corrected chi connectivity index (χ2v) is 5.81. The number of H-pyrrole nitrogens is 1. The van der Waals surface area contributed by atoms with E-state index in [1.165, 1.54) is 11.0 Å². The number of hydrogen-bond donors (Lipinski definition) is 2. The van der Waals surface area contributed by atoms with Crippen molar-refractivity contribution in [1.82, 2.24) is 20.4 Å². The number of amides is 2. The van der Waals surface area contributed by atoms with Crippen LogP contribution in [0.25, 0.3) is 0 Å². The topological polar surface area (TPSA) is 78.1 Å². The van der Waals surface area contributed by atoms with Crippen LogP contribution in [0.2, 0.25) is 0 Å². The van der Waals surface area contributed by atoms with E-state index >= 15 is 0 Å². The van der Waals surface area contributed by atoms with Crippen LogP contribution in [-0.2, 0) is 13.0 Å². The van der Waals surface area contributed by atoms with Crippen molar-refractivity contribution in [3.8, 4) is 0 Å². The molecule has 6 nitrogen and oxygen atoms in total. The lowest BCUT2D eigenvalue weighted by atomic mass is 10.1. The minimum atomic E-state index is -4.29. The highest BCUT2D eigenvalue weighted by atomic mass is 19.4. The highest BCUT2D eigenvalue weighted by molar-refractivity contribution is 5.74. The highest BCUT2D eigenvalue weighted by Crippen LogP contribution is 2.57. The van der Waals surface area contributed by atoms with Crippen molar-refractivity contribution in [1.29, 1.82) is 0 Å². The van der Waals surface area contributed by atoms with Crippen molar-refractivity contribution in [2.75, 3.05) is 13.1 Å². The van der Waals surface area contributed by atoms with Crippen LogP contribution >= 0.6 is 0 Å². The Bertz CT molecular complexity index is 651. The molecule has 1 aromatic rings. The van der Waals surface area contributed by atoms with Gasteiger partial charge in [0.1, 0.15) is 0 Å². The summed E-state index contributed by atoms with van der Waals surface area (Å²) in [7, 11) is 0. The second-order valence-electron chi connectivity index (χ2n) is 5.81. The number of rotatable bonds is 2. The normalized spacial score (nSPS) is 19.5. The van der Waals surface area contributed by atoms with Gasteiger partial charge in [0.2, 0.25) is 0 Å². The molecule has 0 aromatic carbocycles. The summed E-state index contributed by atoms with van der Waals surface area (Å²) in [6.45, 7) is 0.139. The maximum Gasteiger partial charge on any atom is 0.396 e. The molecule has 1 aliphatic heterocycles. The Hall–Kier alpha value is -2.06. The van der Waals surface area contributed by atoms with Gasteiger partial charge in [-0.05, 0) is 12.8 Å². The van der Waals surface area contributed by atoms with E-state index in [2.05, 4.69) is 15.5 Å². The van der Waals surface area contributed by atoms with Gasteiger partial charge in [-0.25, -0.2) is 9.89 Å². The Morgan fingerprint density at radius 3 is 2.82 bits per heavy atom. The molecule has 120 valence electrons. The van der Waals surface area contributed by atoms with Crippen molar-refractivity contribution in [3.63, 3.8) is 0 Å². The molecule has 3 rings (SSSR count). The van der Waals surface area contributed by atoms with Crippen LogP contribution in [0.5, 0.6) is 0 Å². The van der Waals surface area contributed by atoms with Crippen molar-refractivity contribution in [3.05, 3.63) is 27.7 Å². The molecule has 1 saturated carbocycles. The molecule has 0 unspecified atom stereocenters. The first-order valence-corrected chi connectivity index (χ1v) is 6.98. The number of halogens is 3. The molecular formula is C13H15F3N4O2. The molecule has 2 aliphatic rings. The molecule has 0 saturated heterocycles. The first-order chi connectivity index (χ1) is 10.3. The van der Waals surface area contributed by atoms with Crippen LogP contribution in [-0.4, -0.2) is 40.4 Å². The van der Waals surface area contributed by atoms with Gasteiger partial charge in [-0.15, -0.1) is 0 Å². The summed E-state index contributed by atoms with van der Waals surface area (Å²) in [5.41, 5.74) is -0.788. The van der Waals surface area contributed by atoms with Gasteiger partial charge in [-0.1, -0.05) is 0 Å². The Kier molecular flexibility index (Phi) is 3.37. The number of nitrogens with one attached hydrogen (secondary N) is 2. The molecule has 22 heavy (non-hydrogen) atoms. The van der Waals surface area contributed by atoms with Gasteiger partial charge in [0, 0.05) is 37.7 Å². The summed E-state index contributed by atoms with van der Waals surface area (Å²) < 4.78 is 38.5. The van der Waals surface area contributed by atoms with Crippen molar-refractivity contribution in [2.24, 2.45) is 5.41 Å². The fourth-order valence-electron chi connectivity index (χ4n) is 2.59. The van der Waals surface area contributed by atoms with Gasteiger partial charge in [-0.2, -0.15) is 18.3 Å². The standard InChI is InChI=1S/C13H15F3N4O2/c14-13(15,16)12(2-3-12)7-17-11(22)20-4-1-9-8(6-20)5-10(21)19-18-9/h5H,1-4,6-7H2,(H,17,22)(H,19,21). The van der Waals surface area contributed by atoms with E-state index < -0.39 is 24.2 Å². The molecule has 1 fully saturated rings. The lowest BCUT2D eigenvalue weighted by Crippen LogP contribution is -2.46. The summed E-state index contributed by atoms with van der Waals surface area (Å²) in [5.74, 6) is 0. The van der Waals surface area contributed by atoms with Gasteiger partial charge in [-0.3, -0.25) is 4.79 Å². The molecule has 1 aliphatic carbocycles. The number of urea groups is 1. The average Bonchev–Trinajstić information content (AvgIpc) is 3.24. The molecule has 0 spiro atoms. The van der Waals surface area contributed by atoms with E-state index in [1.54, 1.807) is 0 Å². The minimum Gasteiger partial charge on any atom is -0.337 e. The van der Waals surface area contributed by atoms with E-state index in [1.807, 2.05) is 0 Å². The van der Waals surface area contributed by atoms with Crippen LogP contribution < -0.4 is 10.9 Å². The minimum absolute atomic E-state index is 0.0545. The van der Waals surface area contributed by atoms with Crippen molar-refractivity contribution < 1.29 is 18.0 Å². The average molecular weight is 316 g/mol. The maximum absolute atomic E-state index is 12.8. The fraction of sp³-hybridized carbons (Fsp3) is 0.615. The molecule has 2 N–H and O–H groups in total. The zero-order valence-electron chi connectivity index (χ0n) is 11.7. The molecule has 2 amide bonds. The lowest BCUT2D eigenvalue weighted by molar-refractivity contribution is -0.184. The smallest absolute Gasteiger partial charge is 0.337 e. The van der Waals surface area contributed by atoms with E-state index in [-0.39, 0.29) is 24.9 Å². The highest BCUT2D eigenvalue weighted by Gasteiger charge is 2.63. The summed E-state index contributed by atoms with van der Waals surface area (Å²) in [6, 6.07) is 0.821. The van der Waals surface area contributed by atoms with Crippen molar-refractivity contribution in [2.45, 2.75) is 32.0 Å². The Labute approximate surface area is 123 Å². The zero-order chi connectivity index (χ0) is 16.0. The molecular weight excluding hydrogens is 301 g/mol. The van der Waals surface area contributed by atoms with Crippen molar-refractivity contribution >= 4 is 6.03 Å². The van der Waals surface area contributed by atoms with Gasteiger partial charge < -0.3 is 10.2 Å². The first kappa shape index (κ1) is 14.9. The Balaban J connectivity index is 1.61. The third kappa shape index (κ3) is 2.67. The Morgan fingerprint density at radius 2 is 2.18 bits per heavy atom. The quantitative estimate of drug-likeness (QED) is 0.860. The zero-order valence-corrected chi connectivity index (χ0v) is 11.7. The summed E-state index contributed by atoms with van der Waals surface area (Å²) >= 11 is 0. The van der Waals surface area contributed by atoms with E-state index in [9.17, 15) is 22.8 Å². The Morgan fingerprint density at radius 1 is 1.45 bits per heavy atom. The lowest BCUT2D eigenvalue weighted by Gasteiger charge is -2.29. The van der Waals surface area contributed by atoms with Crippen LogP contribution in [0.15, 0.2) is 10.9 Å². The van der Waals surface area contributed by atoms with E-state index in [0.717, 1.165) is 0 Å². The van der Waals surface area contributed by atoms with Gasteiger partial charge in [0.05, 0.1) is 11.1 Å². The summed E-state index contributed by atoms with van der Waals surface area (Å²) in [6.07, 6.45) is -3.71.